The molecule has 0 aliphatic rings. The van der Waals surface area contributed by atoms with Gasteiger partial charge in [0.2, 0.25) is 0 Å². The van der Waals surface area contributed by atoms with Crippen molar-refractivity contribution in [3.63, 3.8) is 0 Å². The maximum Gasteiger partial charge on any atom is 0.270 e. The summed E-state index contributed by atoms with van der Waals surface area (Å²) < 4.78 is 6.62. The molecule has 0 atom stereocenters. The summed E-state index contributed by atoms with van der Waals surface area (Å²) in [5.74, 6) is 0.918. The standard InChI is InChI=1S/C17H11BrClN3O3/c18-11-1-3-12(4-2-11)21-20-10-14-6-8-17(25-14)15-9-13(22(23)24)5-7-16(15)19/h1-10,21H. The van der Waals surface area contributed by atoms with Gasteiger partial charge in [-0.15, -0.1) is 0 Å². The number of anilines is 1. The summed E-state index contributed by atoms with van der Waals surface area (Å²) in [4.78, 5) is 10.4. The van der Waals surface area contributed by atoms with Crippen LogP contribution in [0, 0.1) is 10.1 Å². The molecule has 0 aliphatic heterocycles. The maximum absolute atomic E-state index is 10.9. The average molecular weight is 421 g/mol. The number of hydrogen-bond acceptors (Lipinski definition) is 5. The first-order valence-corrected chi connectivity index (χ1v) is 8.29. The number of furan rings is 1. The lowest BCUT2D eigenvalue weighted by Crippen LogP contribution is -1.89. The SMILES string of the molecule is O=[N+]([O-])c1ccc(Cl)c(-c2ccc(C=NNc3ccc(Br)cc3)o2)c1. The van der Waals surface area contributed by atoms with E-state index in [1.165, 1.54) is 24.4 Å². The highest BCUT2D eigenvalue weighted by Crippen LogP contribution is 2.32. The maximum atomic E-state index is 10.9. The fourth-order valence-electron chi connectivity index (χ4n) is 2.08. The van der Waals surface area contributed by atoms with Crippen LogP contribution >= 0.6 is 27.5 Å². The molecule has 1 aromatic heterocycles. The Kier molecular flexibility index (Phi) is 5.16. The monoisotopic (exact) mass is 419 g/mol. The summed E-state index contributed by atoms with van der Waals surface area (Å²) in [7, 11) is 0. The Labute approximate surface area is 156 Å². The fourth-order valence-corrected chi connectivity index (χ4v) is 2.55. The first-order valence-electron chi connectivity index (χ1n) is 7.12. The summed E-state index contributed by atoms with van der Waals surface area (Å²) in [6, 6.07) is 15.1. The molecule has 3 aromatic rings. The average Bonchev–Trinajstić information content (AvgIpc) is 3.05. The number of non-ortho nitro benzene ring substituents is 1. The summed E-state index contributed by atoms with van der Waals surface area (Å²) in [5, 5.41) is 15.4. The van der Waals surface area contributed by atoms with Gasteiger partial charge in [0, 0.05) is 22.2 Å². The second kappa shape index (κ2) is 7.50. The number of nitrogens with zero attached hydrogens (tertiary/aromatic N) is 2. The number of nitrogens with one attached hydrogen (secondary N) is 1. The first kappa shape index (κ1) is 17.2. The van der Waals surface area contributed by atoms with Gasteiger partial charge in [-0.25, -0.2) is 0 Å². The molecule has 1 N–H and O–H groups in total. The number of nitro groups is 1. The number of halogens is 2. The molecule has 25 heavy (non-hydrogen) atoms. The molecule has 2 aromatic carbocycles. The highest BCUT2D eigenvalue weighted by molar-refractivity contribution is 9.10. The van der Waals surface area contributed by atoms with E-state index in [0.717, 1.165) is 10.2 Å². The summed E-state index contributed by atoms with van der Waals surface area (Å²) in [6.07, 6.45) is 1.51. The van der Waals surface area contributed by atoms with Crippen molar-refractivity contribution < 1.29 is 9.34 Å². The Hall–Kier alpha value is -2.64. The third-order valence-corrected chi connectivity index (χ3v) is 4.14. The minimum atomic E-state index is -0.479. The third-order valence-electron chi connectivity index (χ3n) is 3.28. The van der Waals surface area contributed by atoms with Crippen LogP contribution in [0.2, 0.25) is 5.02 Å². The molecule has 0 unspecified atom stereocenters. The zero-order chi connectivity index (χ0) is 17.8. The molecule has 0 fully saturated rings. The van der Waals surface area contributed by atoms with Gasteiger partial charge in [-0.2, -0.15) is 5.10 Å². The van der Waals surface area contributed by atoms with Crippen LogP contribution < -0.4 is 5.43 Å². The minimum Gasteiger partial charge on any atom is -0.455 e. The molecule has 0 saturated heterocycles. The van der Waals surface area contributed by atoms with E-state index in [-0.39, 0.29) is 5.69 Å². The highest BCUT2D eigenvalue weighted by atomic mass is 79.9. The smallest absolute Gasteiger partial charge is 0.270 e. The van der Waals surface area contributed by atoms with Crippen molar-refractivity contribution >= 4 is 45.1 Å². The number of rotatable bonds is 5. The van der Waals surface area contributed by atoms with Crippen LogP contribution in [0.1, 0.15) is 5.76 Å². The van der Waals surface area contributed by atoms with Gasteiger partial charge in [0.15, 0.2) is 0 Å². The second-order valence-corrected chi connectivity index (χ2v) is 6.32. The fraction of sp³-hybridized carbons (Fsp3) is 0. The number of benzene rings is 2. The van der Waals surface area contributed by atoms with Crippen LogP contribution in [-0.4, -0.2) is 11.1 Å². The van der Waals surface area contributed by atoms with Crippen molar-refractivity contribution in [3.05, 3.63) is 80.0 Å². The Morgan fingerprint density at radius 2 is 1.92 bits per heavy atom. The zero-order valence-electron chi connectivity index (χ0n) is 12.6. The predicted octanol–water partition coefficient (Wildman–Crippen LogP) is 5.72. The van der Waals surface area contributed by atoms with Crippen LogP contribution in [0.4, 0.5) is 11.4 Å². The Bertz CT molecular complexity index is 939. The van der Waals surface area contributed by atoms with Gasteiger partial charge < -0.3 is 4.42 Å². The Morgan fingerprint density at radius 1 is 1.16 bits per heavy atom. The zero-order valence-corrected chi connectivity index (χ0v) is 15.0. The van der Waals surface area contributed by atoms with E-state index in [0.29, 0.717) is 22.1 Å². The van der Waals surface area contributed by atoms with Crippen molar-refractivity contribution in [2.45, 2.75) is 0 Å². The summed E-state index contributed by atoms with van der Waals surface area (Å²) >= 11 is 9.47. The Morgan fingerprint density at radius 3 is 2.64 bits per heavy atom. The molecule has 0 radical (unpaired) electrons. The van der Waals surface area contributed by atoms with Crippen molar-refractivity contribution in [1.29, 1.82) is 0 Å². The molecular formula is C17H11BrClN3O3. The molecule has 0 bridgehead atoms. The molecule has 0 spiro atoms. The summed E-state index contributed by atoms with van der Waals surface area (Å²) in [5.41, 5.74) is 4.11. The number of hydrazone groups is 1. The number of hydrogen-bond donors (Lipinski definition) is 1. The molecule has 0 aliphatic carbocycles. The molecule has 0 saturated carbocycles. The minimum absolute atomic E-state index is 0.0528. The van der Waals surface area contributed by atoms with Gasteiger partial charge in [0.1, 0.15) is 11.5 Å². The van der Waals surface area contributed by atoms with Gasteiger partial charge in [0.05, 0.1) is 21.8 Å². The molecule has 0 amide bonds. The first-order chi connectivity index (χ1) is 12.0. The van der Waals surface area contributed by atoms with Crippen LogP contribution in [0.3, 0.4) is 0 Å². The lowest BCUT2D eigenvalue weighted by atomic mass is 10.1. The van der Waals surface area contributed by atoms with Crippen molar-refractivity contribution in [3.8, 4) is 11.3 Å². The third kappa shape index (κ3) is 4.26. The van der Waals surface area contributed by atoms with Crippen molar-refractivity contribution in [2.75, 3.05) is 5.43 Å². The van der Waals surface area contributed by atoms with E-state index < -0.39 is 4.92 Å². The van der Waals surface area contributed by atoms with E-state index in [2.05, 4.69) is 26.5 Å². The predicted molar refractivity (Wildman–Crippen MR) is 101 cm³/mol. The van der Waals surface area contributed by atoms with E-state index in [1.807, 2.05) is 24.3 Å². The van der Waals surface area contributed by atoms with Gasteiger partial charge in [0.25, 0.3) is 5.69 Å². The number of nitro benzene ring substituents is 1. The van der Waals surface area contributed by atoms with E-state index in [1.54, 1.807) is 12.1 Å². The molecular weight excluding hydrogens is 410 g/mol. The van der Waals surface area contributed by atoms with Crippen LogP contribution in [0.15, 0.2) is 68.6 Å². The highest BCUT2D eigenvalue weighted by Gasteiger charge is 2.14. The van der Waals surface area contributed by atoms with Crippen LogP contribution in [0.5, 0.6) is 0 Å². The van der Waals surface area contributed by atoms with Crippen LogP contribution in [0.25, 0.3) is 11.3 Å². The lowest BCUT2D eigenvalue weighted by molar-refractivity contribution is -0.384. The molecule has 126 valence electrons. The van der Waals surface area contributed by atoms with Crippen molar-refractivity contribution in [2.24, 2.45) is 5.10 Å². The largest absolute Gasteiger partial charge is 0.455 e. The van der Waals surface area contributed by atoms with E-state index >= 15 is 0 Å². The summed E-state index contributed by atoms with van der Waals surface area (Å²) in [6.45, 7) is 0. The van der Waals surface area contributed by atoms with Crippen LogP contribution in [-0.2, 0) is 0 Å². The topological polar surface area (TPSA) is 80.7 Å². The van der Waals surface area contributed by atoms with Crippen molar-refractivity contribution in [1.82, 2.24) is 0 Å². The van der Waals surface area contributed by atoms with Gasteiger partial charge in [-0.1, -0.05) is 27.5 Å². The van der Waals surface area contributed by atoms with E-state index in [9.17, 15) is 10.1 Å². The van der Waals surface area contributed by atoms with Gasteiger partial charge in [-0.3, -0.25) is 15.5 Å². The Balaban J connectivity index is 1.76. The molecule has 3 rings (SSSR count). The lowest BCUT2D eigenvalue weighted by Gasteiger charge is -2.01. The molecule has 8 heteroatoms. The van der Waals surface area contributed by atoms with Gasteiger partial charge in [-0.05, 0) is 42.5 Å². The quantitative estimate of drug-likeness (QED) is 0.325. The van der Waals surface area contributed by atoms with E-state index in [4.69, 9.17) is 16.0 Å². The molecule has 1 heterocycles. The normalized spacial score (nSPS) is 11.0. The second-order valence-electron chi connectivity index (χ2n) is 5.00. The van der Waals surface area contributed by atoms with Gasteiger partial charge >= 0.3 is 0 Å². The molecule has 6 nitrogen and oxygen atoms in total.